The molecule has 4 amide bonds. The molecule has 2 aromatic carbocycles. The van der Waals surface area contributed by atoms with E-state index in [4.69, 9.17) is 4.74 Å². The number of rotatable bonds is 8. The summed E-state index contributed by atoms with van der Waals surface area (Å²) in [7, 11) is 2.83. The lowest BCUT2D eigenvalue weighted by Crippen LogP contribution is -2.51. The SMILES string of the molecule is CCNc1ncc2c(n1)N(CC(=O)NC)C(=O)N(c1cc(NC(=O)c3cccc(C(F)(F)F)c3)cc(OC)c1)C2. The fraction of sp³-hybridized carbons (Fsp3) is 0.269. The minimum atomic E-state index is -4.61. The first-order chi connectivity index (χ1) is 19.0. The molecule has 2 heterocycles. The molecule has 3 N–H and O–H groups in total. The van der Waals surface area contributed by atoms with Crippen molar-refractivity contribution in [2.45, 2.75) is 19.6 Å². The standard InChI is InChI=1S/C26H26F3N7O4/c1-4-31-24-32-12-16-13-35(25(39)36(22(16)34-24)14-21(37)30-2)19-9-18(10-20(11-19)40-3)33-23(38)15-6-5-7-17(8-15)26(27,28)29/h5-12H,4,13-14H2,1-3H3,(H,30,37)(H,33,38)(H,31,32,34). The number of carbonyl (C=O) groups excluding carboxylic acids is 3. The van der Waals surface area contributed by atoms with Crippen molar-refractivity contribution in [3.8, 4) is 5.75 Å². The minimum Gasteiger partial charge on any atom is -0.497 e. The molecule has 0 saturated heterocycles. The number of anilines is 4. The third-order valence-corrected chi connectivity index (χ3v) is 5.95. The summed E-state index contributed by atoms with van der Waals surface area (Å²) >= 11 is 0. The van der Waals surface area contributed by atoms with Gasteiger partial charge in [0, 0.05) is 48.7 Å². The van der Waals surface area contributed by atoms with E-state index in [0.29, 0.717) is 23.7 Å². The molecule has 40 heavy (non-hydrogen) atoms. The van der Waals surface area contributed by atoms with Gasteiger partial charge >= 0.3 is 12.2 Å². The van der Waals surface area contributed by atoms with Gasteiger partial charge in [-0.1, -0.05) is 6.07 Å². The van der Waals surface area contributed by atoms with E-state index in [1.54, 1.807) is 12.3 Å². The number of hydrogen-bond acceptors (Lipinski definition) is 7. The van der Waals surface area contributed by atoms with Crippen molar-refractivity contribution in [2.24, 2.45) is 0 Å². The molecule has 4 rings (SSSR count). The van der Waals surface area contributed by atoms with Crippen molar-refractivity contribution < 1.29 is 32.3 Å². The summed E-state index contributed by atoms with van der Waals surface area (Å²) in [4.78, 5) is 50.0. The van der Waals surface area contributed by atoms with Gasteiger partial charge in [-0.05, 0) is 31.2 Å². The highest BCUT2D eigenvalue weighted by atomic mass is 19.4. The third kappa shape index (κ3) is 6.06. The first kappa shape index (κ1) is 28.1. The van der Waals surface area contributed by atoms with Gasteiger partial charge in [-0.25, -0.2) is 9.78 Å². The number of halogens is 3. The Balaban J connectivity index is 1.69. The highest BCUT2D eigenvalue weighted by Crippen LogP contribution is 2.35. The van der Waals surface area contributed by atoms with Gasteiger partial charge in [0.25, 0.3) is 5.91 Å². The van der Waals surface area contributed by atoms with E-state index in [2.05, 4.69) is 25.9 Å². The lowest BCUT2D eigenvalue weighted by atomic mass is 10.1. The van der Waals surface area contributed by atoms with E-state index in [0.717, 1.165) is 18.2 Å². The molecule has 14 heteroatoms. The summed E-state index contributed by atoms with van der Waals surface area (Å²) in [6, 6.07) is 7.94. The average Bonchev–Trinajstić information content (AvgIpc) is 2.93. The van der Waals surface area contributed by atoms with Crippen molar-refractivity contribution in [1.29, 1.82) is 0 Å². The number of nitrogens with zero attached hydrogens (tertiary/aromatic N) is 4. The minimum absolute atomic E-state index is 0.0407. The van der Waals surface area contributed by atoms with Crippen LogP contribution in [0.1, 0.15) is 28.4 Å². The van der Waals surface area contributed by atoms with Crippen LogP contribution in [0.25, 0.3) is 0 Å². The number of nitrogens with one attached hydrogen (secondary N) is 3. The highest BCUT2D eigenvalue weighted by molar-refractivity contribution is 6.09. The van der Waals surface area contributed by atoms with Gasteiger partial charge in [0.2, 0.25) is 11.9 Å². The number of urea groups is 1. The van der Waals surface area contributed by atoms with Crippen molar-refractivity contribution >= 4 is 41.0 Å². The maximum absolute atomic E-state index is 13.7. The average molecular weight is 558 g/mol. The van der Waals surface area contributed by atoms with Crippen LogP contribution in [0, 0.1) is 0 Å². The van der Waals surface area contributed by atoms with E-state index in [9.17, 15) is 27.6 Å². The number of carbonyl (C=O) groups is 3. The molecule has 210 valence electrons. The molecule has 1 aliphatic heterocycles. The van der Waals surface area contributed by atoms with Crippen LogP contribution in [0.3, 0.4) is 0 Å². The maximum Gasteiger partial charge on any atom is 0.416 e. The fourth-order valence-corrected chi connectivity index (χ4v) is 4.00. The zero-order chi connectivity index (χ0) is 29.0. The Hall–Kier alpha value is -4.88. The van der Waals surface area contributed by atoms with Gasteiger partial charge in [-0.3, -0.25) is 19.4 Å². The molecule has 0 spiro atoms. The summed E-state index contributed by atoms with van der Waals surface area (Å²) in [6.45, 7) is 2.14. The molecule has 0 fully saturated rings. The van der Waals surface area contributed by atoms with Crippen molar-refractivity contribution in [1.82, 2.24) is 15.3 Å². The first-order valence-electron chi connectivity index (χ1n) is 12.1. The van der Waals surface area contributed by atoms with E-state index >= 15 is 0 Å². The summed E-state index contributed by atoms with van der Waals surface area (Å²) in [5, 5.41) is 8.03. The number of aromatic nitrogens is 2. The van der Waals surface area contributed by atoms with Gasteiger partial charge in [0.1, 0.15) is 18.1 Å². The fourth-order valence-electron chi connectivity index (χ4n) is 4.00. The summed E-state index contributed by atoms with van der Waals surface area (Å²) < 4.78 is 44.7. The van der Waals surface area contributed by atoms with E-state index in [1.807, 2.05) is 6.92 Å². The van der Waals surface area contributed by atoms with E-state index in [-0.39, 0.29) is 35.9 Å². The summed E-state index contributed by atoms with van der Waals surface area (Å²) in [5.41, 5.74) is -0.131. The second-order valence-electron chi connectivity index (χ2n) is 8.65. The molecule has 0 saturated carbocycles. The molecule has 1 aliphatic rings. The van der Waals surface area contributed by atoms with Crippen LogP contribution in [-0.4, -0.2) is 55.1 Å². The molecule has 0 bridgehead atoms. The monoisotopic (exact) mass is 557 g/mol. The molecule has 0 unspecified atom stereocenters. The Labute approximate surface area is 227 Å². The number of alkyl halides is 3. The largest absolute Gasteiger partial charge is 0.497 e. The Bertz CT molecular complexity index is 1450. The zero-order valence-corrected chi connectivity index (χ0v) is 21.8. The Morgan fingerprint density at radius 2 is 1.93 bits per heavy atom. The number of methoxy groups -OCH3 is 1. The molecule has 1 aromatic heterocycles. The Kier molecular flexibility index (Phi) is 8.07. The van der Waals surface area contributed by atoms with E-state index < -0.39 is 29.6 Å². The molecular weight excluding hydrogens is 531 g/mol. The Morgan fingerprint density at radius 3 is 2.60 bits per heavy atom. The van der Waals surface area contributed by atoms with Gasteiger partial charge in [0.15, 0.2) is 0 Å². The van der Waals surface area contributed by atoms with Crippen LogP contribution < -0.4 is 30.5 Å². The smallest absolute Gasteiger partial charge is 0.416 e. The van der Waals surface area contributed by atoms with Crippen LogP contribution in [0.15, 0.2) is 48.7 Å². The first-order valence-corrected chi connectivity index (χ1v) is 12.1. The predicted octanol–water partition coefficient (Wildman–Crippen LogP) is 3.88. The predicted molar refractivity (Wildman–Crippen MR) is 142 cm³/mol. The topological polar surface area (TPSA) is 129 Å². The lowest BCUT2D eigenvalue weighted by Gasteiger charge is -2.36. The second kappa shape index (κ2) is 11.5. The van der Waals surface area contributed by atoms with Crippen LogP contribution in [-0.2, 0) is 17.5 Å². The van der Waals surface area contributed by atoms with E-state index in [1.165, 1.54) is 42.2 Å². The molecule has 0 atom stereocenters. The van der Waals surface area contributed by atoms with Gasteiger partial charge < -0.3 is 20.7 Å². The molecule has 0 aliphatic carbocycles. The lowest BCUT2D eigenvalue weighted by molar-refractivity contribution is -0.137. The van der Waals surface area contributed by atoms with Crippen molar-refractivity contribution in [2.75, 3.05) is 47.7 Å². The van der Waals surface area contributed by atoms with Crippen molar-refractivity contribution in [3.05, 3.63) is 65.4 Å². The van der Waals surface area contributed by atoms with Gasteiger partial charge in [-0.2, -0.15) is 18.2 Å². The maximum atomic E-state index is 13.7. The zero-order valence-electron chi connectivity index (χ0n) is 21.8. The number of ether oxygens (including phenoxy) is 1. The van der Waals surface area contributed by atoms with Gasteiger partial charge in [0.05, 0.1) is 24.9 Å². The third-order valence-electron chi connectivity index (χ3n) is 5.95. The number of benzene rings is 2. The molecule has 11 nitrogen and oxygen atoms in total. The van der Waals surface area contributed by atoms with Crippen LogP contribution in [0.5, 0.6) is 5.75 Å². The number of amides is 4. The molecular formula is C26H26F3N7O4. The Morgan fingerprint density at radius 1 is 1.15 bits per heavy atom. The van der Waals surface area contributed by atoms with Crippen LogP contribution in [0.4, 0.5) is 41.1 Å². The number of hydrogen-bond donors (Lipinski definition) is 3. The number of fused-ring (bicyclic) bond motifs is 1. The summed E-state index contributed by atoms with van der Waals surface area (Å²) in [5.74, 6) is -0.371. The van der Waals surface area contributed by atoms with Gasteiger partial charge in [-0.15, -0.1) is 0 Å². The normalized spacial score (nSPS) is 13.0. The highest BCUT2D eigenvalue weighted by Gasteiger charge is 2.35. The molecule has 3 aromatic rings. The second-order valence-corrected chi connectivity index (χ2v) is 8.65. The number of likely N-dealkylation sites (N-methyl/N-ethyl adjacent to an activating group) is 1. The molecule has 0 radical (unpaired) electrons. The summed E-state index contributed by atoms with van der Waals surface area (Å²) in [6.07, 6.45) is -3.06. The van der Waals surface area contributed by atoms with Crippen LogP contribution >= 0.6 is 0 Å². The van der Waals surface area contributed by atoms with Crippen LogP contribution in [0.2, 0.25) is 0 Å². The van der Waals surface area contributed by atoms with Crippen molar-refractivity contribution in [3.63, 3.8) is 0 Å². The quantitative estimate of drug-likeness (QED) is 0.383.